The van der Waals surface area contributed by atoms with Crippen molar-refractivity contribution in [3.8, 4) is 46.1 Å². The molecule has 4 amide bonds. The highest BCUT2D eigenvalue weighted by atomic mass is 35.5. The molecule has 0 bridgehead atoms. The van der Waals surface area contributed by atoms with E-state index in [2.05, 4.69) is 35.8 Å². The third kappa shape index (κ3) is 16.1. The third-order valence-electron chi connectivity index (χ3n) is 15.3. The second-order valence-electron chi connectivity index (χ2n) is 25.1. The fourth-order valence-electron chi connectivity index (χ4n) is 10.2. The number of rotatable bonds is 23. The van der Waals surface area contributed by atoms with Crippen molar-refractivity contribution in [1.82, 2.24) is 44.4 Å². The molecule has 0 unspecified atom stereocenters. The lowest BCUT2D eigenvalue weighted by Gasteiger charge is -2.34. The van der Waals surface area contributed by atoms with E-state index in [4.69, 9.17) is 55.2 Å². The lowest BCUT2D eigenvalue weighted by molar-refractivity contribution is 0.0324. The number of hydrogen-bond acceptors (Lipinski definition) is 16. The maximum absolute atomic E-state index is 16.5. The van der Waals surface area contributed by atoms with Gasteiger partial charge in [-0.3, -0.25) is 0 Å². The quantitative estimate of drug-likeness (QED) is 0.0308. The fourth-order valence-corrected chi connectivity index (χ4v) is 10.4. The van der Waals surface area contributed by atoms with Crippen molar-refractivity contribution >= 4 is 79.9 Å². The Labute approximate surface area is 562 Å². The van der Waals surface area contributed by atoms with Gasteiger partial charge in [0.1, 0.15) is 29.6 Å². The number of ether oxygens (including phenoxy) is 6. The molecule has 0 aliphatic carbocycles. The molecule has 0 radical (unpaired) electrons. The second kappa shape index (κ2) is 29.3. The van der Waals surface area contributed by atoms with Crippen LogP contribution < -0.4 is 44.9 Å². The largest absolute Gasteiger partial charge is 0.497 e. The van der Waals surface area contributed by atoms with Gasteiger partial charge in [0.2, 0.25) is 23.0 Å². The number of hydrogen-bond donors (Lipinski definition) is 3. The van der Waals surface area contributed by atoms with Crippen LogP contribution in [0.5, 0.6) is 34.8 Å². The number of nitrogens with zero attached hydrogens (tertiary/aromatic N) is 11. The molecule has 0 saturated carbocycles. The number of anilines is 6. The molecule has 4 aromatic heterocycles. The van der Waals surface area contributed by atoms with Gasteiger partial charge in [-0.15, -0.1) is 0 Å². The first kappa shape index (κ1) is 66.8. The van der Waals surface area contributed by atoms with Gasteiger partial charge in [0.05, 0.1) is 67.7 Å². The van der Waals surface area contributed by atoms with Crippen molar-refractivity contribution in [3.05, 3.63) is 204 Å². The van der Waals surface area contributed by atoms with Gasteiger partial charge in [-0.1, -0.05) is 125 Å². The van der Waals surface area contributed by atoms with Crippen molar-refractivity contribution in [2.24, 2.45) is 0 Å². The van der Waals surface area contributed by atoms with Crippen LogP contribution >= 0.6 is 11.6 Å². The Balaban J connectivity index is 0.975. The Morgan fingerprint density at radius 2 is 1.00 bits per heavy atom. The van der Waals surface area contributed by atoms with E-state index in [1.807, 2.05) is 185 Å². The summed E-state index contributed by atoms with van der Waals surface area (Å²) in [7, 11) is 5.59. The number of urea groups is 2. The first-order valence-electron chi connectivity index (χ1n) is 31.3. The molecule has 22 nitrogen and oxygen atoms in total. The molecule has 4 heterocycles. The molecule has 7 aromatic carbocycles. The summed E-state index contributed by atoms with van der Waals surface area (Å²) < 4.78 is 39.3. The molecular weight excluding hydrogens is 1240 g/mol. The van der Waals surface area contributed by atoms with Gasteiger partial charge in [0, 0.05) is 99.5 Å². The monoisotopic (exact) mass is 1310 g/mol. The minimum Gasteiger partial charge on any atom is -0.497 e. The Kier molecular flexibility index (Phi) is 20.4. The Bertz CT molecular complexity index is 4550. The molecule has 0 aliphatic heterocycles. The maximum Gasteiger partial charge on any atom is 0.347 e. The van der Waals surface area contributed by atoms with E-state index < -0.39 is 22.9 Å². The van der Waals surface area contributed by atoms with E-state index in [1.54, 1.807) is 71.2 Å². The summed E-state index contributed by atoms with van der Waals surface area (Å²) in [5.41, 5.74) is 4.82. The van der Waals surface area contributed by atoms with E-state index in [-0.39, 0.29) is 34.6 Å². The predicted molar refractivity (Wildman–Crippen MR) is 376 cm³/mol. The highest BCUT2D eigenvalue weighted by Gasteiger charge is 2.39. The van der Waals surface area contributed by atoms with Crippen LogP contribution in [-0.2, 0) is 20.3 Å². The minimum atomic E-state index is -0.744. The molecule has 0 spiro atoms. The maximum atomic E-state index is 16.5. The first-order chi connectivity index (χ1) is 46.1. The van der Waals surface area contributed by atoms with Gasteiger partial charge in [0.25, 0.3) is 0 Å². The fraction of sp³-hybridized carbons (Fsp3) is 0.260. The van der Waals surface area contributed by atoms with Gasteiger partial charge >= 0.3 is 12.1 Å². The zero-order valence-corrected chi connectivity index (χ0v) is 56.3. The van der Waals surface area contributed by atoms with Crippen LogP contribution in [-0.4, -0.2) is 117 Å². The number of hydrazine groups is 1. The zero-order valence-electron chi connectivity index (χ0n) is 55.5. The van der Waals surface area contributed by atoms with Crippen LogP contribution in [0.15, 0.2) is 176 Å². The lowest BCUT2D eigenvalue weighted by Crippen LogP contribution is -2.55. The minimum absolute atomic E-state index is 0.0211. The van der Waals surface area contributed by atoms with E-state index in [0.29, 0.717) is 117 Å². The number of amides is 4. The van der Waals surface area contributed by atoms with Crippen molar-refractivity contribution < 1.29 is 38.0 Å². The van der Waals surface area contributed by atoms with Crippen LogP contribution in [0.25, 0.3) is 32.9 Å². The Morgan fingerprint density at radius 1 is 0.531 bits per heavy atom. The molecule has 0 fully saturated rings. The first-order valence-corrected chi connectivity index (χ1v) is 31.7. The number of methoxy groups -OCH3 is 1. The summed E-state index contributed by atoms with van der Waals surface area (Å²) in [5, 5.41) is 25.4. The summed E-state index contributed by atoms with van der Waals surface area (Å²) in [6.45, 7) is 19.3. The van der Waals surface area contributed by atoms with Crippen molar-refractivity contribution in [1.29, 1.82) is 0 Å². The topological polar surface area (TPSA) is 223 Å². The number of halogens is 1. The van der Waals surface area contributed by atoms with Gasteiger partial charge in [-0.05, 0) is 88.1 Å². The van der Waals surface area contributed by atoms with Crippen LogP contribution in [0.3, 0.4) is 0 Å². The average Bonchev–Trinajstić information content (AvgIpc) is 1.55. The van der Waals surface area contributed by atoms with Crippen molar-refractivity contribution in [3.63, 3.8) is 0 Å². The Hall–Kier alpha value is -10.7. The average molecular weight is 1310 g/mol. The molecule has 11 aromatic rings. The second-order valence-corrected chi connectivity index (χ2v) is 25.4. The number of nitrogens with one attached hydrogen (secondary N) is 3. The number of fused-ring (bicyclic) bond motifs is 2. The molecule has 0 aliphatic rings. The normalized spacial score (nSPS) is 11.6. The number of aromatic nitrogens is 8. The summed E-state index contributed by atoms with van der Waals surface area (Å²) in [5.74, 6) is 3.12. The molecule has 96 heavy (non-hydrogen) atoms. The van der Waals surface area contributed by atoms with Gasteiger partial charge < -0.3 is 49.3 Å². The molecule has 0 atom stereocenters. The SMILES string of the molecule is COc1cc(Nc2nccc(Oc3ccc(NC(=O)N(c4cc(C(C)(C)C)nn4-c4ccc(C)cc4)N(C(=O)Nc4ccc(Oc5ccnc(Cl)n5)c5ccccc45)c4cc(C(C)(C)C)nn4-c4ccc(C)cc4)c4ccccc34)n2)cc(OCCOCCOCCN(C)C)c1. The number of benzene rings is 7. The van der Waals surface area contributed by atoms with Crippen LogP contribution in [0.2, 0.25) is 5.28 Å². The summed E-state index contributed by atoms with van der Waals surface area (Å²) >= 11 is 6.19. The highest BCUT2D eigenvalue weighted by Crippen LogP contribution is 2.40. The molecular formula is C73H77ClN14O8. The molecule has 494 valence electrons. The zero-order chi connectivity index (χ0) is 67.7. The Morgan fingerprint density at radius 3 is 1.49 bits per heavy atom. The smallest absolute Gasteiger partial charge is 0.347 e. The third-order valence-corrected chi connectivity index (χ3v) is 15.5. The highest BCUT2D eigenvalue weighted by molar-refractivity contribution is 6.28. The lowest BCUT2D eigenvalue weighted by atomic mass is 9.92. The summed E-state index contributed by atoms with van der Waals surface area (Å²) in [6.07, 6.45) is 3.09. The van der Waals surface area contributed by atoms with E-state index in [1.165, 1.54) is 16.2 Å². The number of carbonyl (C=O) groups is 2. The summed E-state index contributed by atoms with van der Waals surface area (Å²) in [4.78, 5) is 52.6. The van der Waals surface area contributed by atoms with Crippen molar-refractivity contribution in [2.75, 3.05) is 86.8 Å². The van der Waals surface area contributed by atoms with Crippen molar-refractivity contribution in [2.45, 2.75) is 66.2 Å². The summed E-state index contributed by atoms with van der Waals surface area (Å²) in [6, 6.07) is 48.4. The van der Waals surface area contributed by atoms with Gasteiger partial charge in [-0.25, -0.2) is 28.9 Å². The number of carbonyl (C=O) groups excluding carboxylic acids is 2. The van der Waals surface area contributed by atoms with Crippen LogP contribution in [0.4, 0.5) is 44.2 Å². The predicted octanol–water partition coefficient (Wildman–Crippen LogP) is 15.8. The molecule has 23 heteroatoms. The van der Waals surface area contributed by atoms with Crippen LogP contribution in [0.1, 0.15) is 64.1 Å². The van der Waals surface area contributed by atoms with Crippen LogP contribution in [0, 0.1) is 13.8 Å². The van der Waals surface area contributed by atoms with E-state index in [9.17, 15) is 0 Å². The molecule has 11 rings (SSSR count). The molecule has 3 N–H and O–H groups in total. The van der Waals surface area contributed by atoms with Gasteiger partial charge in [-0.2, -0.15) is 30.2 Å². The standard InChI is InChI=1S/C73H77ClN14O8/c1-47-20-24-50(25-21-47)85-66(45-62(82-85)72(3,4)5)87(70(89)78-58-28-30-60(56-18-14-12-16-54(56)58)95-64-32-34-75-68(74)80-64)88(67-46-63(73(6,7)8)83-86(67)51-26-22-48(2)23-27-51)71(90)79-59-29-31-61(57-19-15-13-17-55(57)59)96-65-33-35-76-69(81-65)77-49-42-52(91-11)44-53(43-49)94-41-40-93-39-38-92-37-36-84(9)10/h12-35,42-46H,36-41H2,1-11H3,(H,78,89)(H,79,90)(H,76,77,81). The van der Waals surface area contributed by atoms with E-state index >= 15 is 9.59 Å². The van der Waals surface area contributed by atoms with Gasteiger partial charge in [0.15, 0.2) is 11.6 Å². The number of likely N-dealkylation sites (N-methyl/N-ethyl adjacent to an activating group) is 1. The number of aryl methyl sites for hydroxylation is 2. The van der Waals surface area contributed by atoms with E-state index in [0.717, 1.165) is 17.7 Å². The molecule has 0 saturated heterocycles.